The number of nitrogens with one attached hydrogen (secondary N) is 1. The van der Waals surface area contributed by atoms with E-state index in [-0.39, 0.29) is 23.6 Å². The lowest BCUT2D eigenvalue weighted by atomic mass is 10.1. The maximum atomic E-state index is 13.2. The maximum absolute atomic E-state index is 13.2. The number of barbiturate groups is 1. The van der Waals surface area contributed by atoms with E-state index in [9.17, 15) is 24.5 Å². The van der Waals surface area contributed by atoms with Crippen molar-refractivity contribution in [1.29, 1.82) is 0 Å². The van der Waals surface area contributed by atoms with Crippen molar-refractivity contribution in [2.24, 2.45) is 0 Å². The van der Waals surface area contributed by atoms with Gasteiger partial charge in [-0.3, -0.25) is 25.0 Å². The highest BCUT2D eigenvalue weighted by Crippen LogP contribution is 2.36. The number of hydrogen-bond acceptors (Lipinski definition) is 8. The lowest BCUT2D eigenvalue weighted by Gasteiger charge is -2.26. The van der Waals surface area contributed by atoms with Crippen molar-refractivity contribution in [3.05, 3.63) is 91.0 Å². The van der Waals surface area contributed by atoms with Crippen LogP contribution in [0.25, 0.3) is 6.08 Å². The largest absolute Gasteiger partial charge is 0.497 e. The van der Waals surface area contributed by atoms with Crippen LogP contribution in [0.4, 0.5) is 16.2 Å². The van der Waals surface area contributed by atoms with Gasteiger partial charge in [-0.15, -0.1) is 0 Å². The van der Waals surface area contributed by atoms with E-state index in [1.165, 1.54) is 37.5 Å². The number of carbonyl (C=O) groups excluding carboxylic acids is 3. The molecule has 0 unspecified atom stereocenters. The number of halogens is 1. The highest BCUT2D eigenvalue weighted by Gasteiger charge is 2.37. The van der Waals surface area contributed by atoms with Crippen LogP contribution in [-0.4, -0.2) is 36.5 Å². The van der Waals surface area contributed by atoms with Gasteiger partial charge in [0, 0.05) is 12.1 Å². The van der Waals surface area contributed by atoms with Gasteiger partial charge in [0.2, 0.25) is 0 Å². The lowest BCUT2D eigenvalue weighted by Crippen LogP contribution is -2.54. The summed E-state index contributed by atoms with van der Waals surface area (Å²) < 4.78 is 17.4. The Kier molecular flexibility index (Phi) is 8.44. The minimum Gasteiger partial charge on any atom is -0.497 e. The molecule has 1 saturated heterocycles. The van der Waals surface area contributed by atoms with Gasteiger partial charge < -0.3 is 14.2 Å². The molecule has 1 aliphatic heterocycles. The van der Waals surface area contributed by atoms with Gasteiger partial charge >= 0.3 is 6.03 Å². The van der Waals surface area contributed by atoms with Crippen molar-refractivity contribution in [3.8, 4) is 17.2 Å². The Morgan fingerprint density at radius 3 is 2.46 bits per heavy atom. The highest BCUT2D eigenvalue weighted by molar-refractivity contribution is 14.1. The molecule has 3 aromatic carbocycles. The number of nitro benzene ring substituents is 1. The van der Waals surface area contributed by atoms with Crippen LogP contribution in [0.1, 0.15) is 18.1 Å². The molecule has 0 radical (unpaired) electrons. The van der Waals surface area contributed by atoms with Gasteiger partial charge in [-0.2, -0.15) is 0 Å². The summed E-state index contributed by atoms with van der Waals surface area (Å²) in [5.74, 6) is -0.308. The number of ether oxygens (including phenoxy) is 3. The monoisotopic (exact) mass is 643 g/mol. The van der Waals surface area contributed by atoms with E-state index < -0.39 is 22.8 Å². The normalized spacial score (nSPS) is 14.3. The van der Waals surface area contributed by atoms with E-state index in [0.29, 0.717) is 38.6 Å². The third-order valence-electron chi connectivity index (χ3n) is 5.58. The Morgan fingerprint density at radius 1 is 1.05 bits per heavy atom. The van der Waals surface area contributed by atoms with Crippen molar-refractivity contribution in [3.63, 3.8) is 0 Å². The Balaban J connectivity index is 1.64. The molecule has 12 heteroatoms. The fraction of sp³-hybridized carbons (Fsp3) is 0.148. The number of carbonyl (C=O) groups is 3. The molecule has 1 heterocycles. The fourth-order valence-electron chi connectivity index (χ4n) is 3.78. The molecular formula is C27H22IN3O8. The summed E-state index contributed by atoms with van der Waals surface area (Å²) in [6.07, 6.45) is 1.37. The van der Waals surface area contributed by atoms with Crippen LogP contribution in [0.5, 0.6) is 17.2 Å². The number of imide groups is 2. The van der Waals surface area contributed by atoms with E-state index in [4.69, 9.17) is 14.2 Å². The van der Waals surface area contributed by atoms with Crippen LogP contribution >= 0.6 is 22.6 Å². The first-order valence-corrected chi connectivity index (χ1v) is 12.7. The summed E-state index contributed by atoms with van der Waals surface area (Å²) >= 11 is 2.04. The zero-order chi connectivity index (χ0) is 28.1. The van der Waals surface area contributed by atoms with Gasteiger partial charge in [0.15, 0.2) is 11.5 Å². The van der Waals surface area contributed by atoms with Crippen LogP contribution in [0.2, 0.25) is 0 Å². The molecule has 4 amide bonds. The summed E-state index contributed by atoms with van der Waals surface area (Å²) in [6, 6.07) is 14.8. The minimum absolute atomic E-state index is 0.0459. The fourth-order valence-corrected chi connectivity index (χ4v) is 4.56. The first kappa shape index (κ1) is 27.6. The van der Waals surface area contributed by atoms with Crippen LogP contribution in [0.3, 0.4) is 0 Å². The molecule has 1 N–H and O–H groups in total. The molecule has 0 aliphatic carbocycles. The molecule has 39 heavy (non-hydrogen) atoms. The van der Waals surface area contributed by atoms with Crippen molar-refractivity contribution < 1.29 is 33.5 Å². The third kappa shape index (κ3) is 6.17. The highest BCUT2D eigenvalue weighted by atomic mass is 127. The lowest BCUT2D eigenvalue weighted by molar-refractivity contribution is -0.384. The van der Waals surface area contributed by atoms with E-state index >= 15 is 0 Å². The van der Waals surface area contributed by atoms with Crippen molar-refractivity contribution in [2.75, 3.05) is 18.6 Å². The Labute approximate surface area is 236 Å². The quantitative estimate of drug-likeness (QED) is 0.115. The van der Waals surface area contributed by atoms with E-state index in [1.807, 2.05) is 22.6 Å². The summed E-state index contributed by atoms with van der Waals surface area (Å²) in [7, 11) is 1.50. The maximum Gasteiger partial charge on any atom is 0.335 e. The summed E-state index contributed by atoms with van der Waals surface area (Å²) in [5.41, 5.74) is 1.05. The number of non-ortho nitro benzene ring substituents is 1. The minimum atomic E-state index is -0.859. The van der Waals surface area contributed by atoms with E-state index in [2.05, 4.69) is 5.32 Å². The van der Waals surface area contributed by atoms with Crippen molar-refractivity contribution in [2.45, 2.75) is 13.5 Å². The number of nitro groups is 1. The van der Waals surface area contributed by atoms with Crippen LogP contribution in [-0.2, 0) is 16.2 Å². The summed E-state index contributed by atoms with van der Waals surface area (Å²) in [5, 5.41) is 13.3. The molecule has 11 nitrogen and oxygen atoms in total. The standard InChI is InChI=1S/C27H22IN3O8/c1-3-38-23-14-17(13-22(28)24(23)39-15-16-5-4-6-19(11-16)31(35)36)12-21-25(32)29-27(34)30(26(21)33)18-7-9-20(37-2)10-8-18/h4-14H,3,15H2,1-2H3,(H,29,32,34)/b21-12+. The first-order valence-electron chi connectivity index (χ1n) is 11.6. The predicted octanol–water partition coefficient (Wildman–Crippen LogP) is 4.85. The van der Waals surface area contributed by atoms with Crippen molar-refractivity contribution in [1.82, 2.24) is 5.32 Å². The van der Waals surface area contributed by atoms with Gasteiger partial charge in [-0.25, -0.2) is 9.69 Å². The Hall–Kier alpha value is -4.46. The second-order valence-corrected chi connectivity index (χ2v) is 9.30. The number of methoxy groups -OCH3 is 1. The average Bonchev–Trinajstić information content (AvgIpc) is 2.91. The molecule has 1 fully saturated rings. The molecule has 0 aromatic heterocycles. The molecule has 3 aromatic rings. The number of nitrogens with zero attached hydrogens (tertiary/aromatic N) is 2. The molecule has 200 valence electrons. The Bertz CT molecular complexity index is 1490. The summed E-state index contributed by atoms with van der Waals surface area (Å²) in [6.45, 7) is 2.15. The van der Waals surface area contributed by atoms with Crippen molar-refractivity contribution >= 4 is 57.9 Å². The van der Waals surface area contributed by atoms with Gasteiger partial charge in [-0.05, 0) is 83.1 Å². The first-order chi connectivity index (χ1) is 18.7. The van der Waals surface area contributed by atoms with Gasteiger partial charge in [-0.1, -0.05) is 12.1 Å². The van der Waals surface area contributed by atoms with Crippen LogP contribution < -0.4 is 24.4 Å². The van der Waals surface area contributed by atoms with Gasteiger partial charge in [0.1, 0.15) is 17.9 Å². The smallest absolute Gasteiger partial charge is 0.335 e. The number of benzene rings is 3. The number of hydrogen-bond donors (Lipinski definition) is 1. The summed E-state index contributed by atoms with van der Waals surface area (Å²) in [4.78, 5) is 49.8. The molecular weight excluding hydrogens is 621 g/mol. The van der Waals surface area contributed by atoms with Gasteiger partial charge in [0.05, 0.1) is 27.9 Å². The van der Waals surface area contributed by atoms with Crippen LogP contribution in [0, 0.1) is 13.7 Å². The zero-order valence-corrected chi connectivity index (χ0v) is 23.0. The average molecular weight is 643 g/mol. The number of rotatable bonds is 9. The molecule has 1 aliphatic rings. The number of urea groups is 1. The molecule has 0 spiro atoms. The number of anilines is 1. The topological polar surface area (TPSA) is 137 Å². The van der Waals surface area contributed by atoms with E-state index in [0.717, 1.165) is 4.90 Å². The third-order valence-corrected chi connectivity index (χ3v) is 6.38. The second-order valence-electron chi connectivity index (χ2n) is 8.13. The molecule has 0 bridgehead atoms. The second kappa shape index (κ2) is 11.9. The van der Waals surface area contributed by atoms with Crippen LogP contribution in [0.15, 0.2) is 66.2 Å². The molecule has 4 rings (SSSR count). The predicted molar refractivity (Wildman–Crippen MR) is 150 cm³/mol. The number of amides is 4. The van der Waals surface area contributed by atoms with Gasteiger partial charge in [0.25, 0.3) is 17.5 Å². The molecule has 0 atom stereocenters. The molecule has 0 saturated carbocycles. The zero-order valence-electron chi connectivity index (χ0n) is 20.8. The SMILES string of the molecule is CCOc1cc(/C=C2\C(=O)NC(=O)N(c3ccc(OC)cc3)C2=O)cc(I)c1OCc1cccc([N+](=O)[O-])c1. The van der Waals surface area contributed by atoms with E-state index in [1.54, 1.807) is 43.3 Å². The Morgan fingerprint density at radius 2 is 1.79 bits per heavy atom.